The Morgan fingerprint density at radius 1 is 1.41 bits per heavy atom. The molecule has 17 heavy (non-hydrogen) atoms. The highest BCUT2D eigenvalue weighted by molar-refractivity contribution is 6.32. The molecule has 4 nitrogen and oxygen atoms in total. The first kappa shape index (κ1) is 12.2. The van der Waals surface area contributed by atoms with Gasteiger partial charge in [0, 0.05) is 26.2 Å². The molecule has 0 aliphatic carbocycles. The number of hydrogen-bond donors (Lipinski definition) is 2. The molecule has 0 saturated carbocycles. The lowest BCUT2D eigenvalue weighted by Gasteiger charge is -2.31. The van der Waals surface area contributed by atoms with E-state index >= 15 is 0 Å². The highest BCUT2D eigenvalue weighted by Gasteiger charge is 2.22. The SMILES string of the molecule is N#CC(c1ccc(O)c(Cl)c1)N1CCNCC1. The molecule has 1 aromatic carbocycles. The summed E-state index contributed by atoms with van der Waals surface area (Å²) in [4.78, 5) is 2.11. The summed E-state index contributed by atoms with van der Waals surface area (Å²) < 4.78 is 0. The second-order valence-electron chi connectivity index (χ2n) is 4.03. The number of halogens is 1. The van der Waals surface area contributed by atoms with E-state index in [1.165, 1.54) is 6.07 Å². The Balaban J connectivity index is 2.22. The smallest absolute Gasteiger partial charge is 0.134 e. The van der Waals surface area contributed by atoms with Crippen molar-refractivity contribution < 1.29 is 5.11 Å². The van der Waals surface area contributed by atoms with E-state index in [0.717, 1.165) is 31.7 Å². The predicted molar refractivity (Wildman–Crippen MR) is 65.9 cm³/mol. The summed E-state index contributed by atoms with van der Waals surface area (Å²) in [5, 5.41) is 22.2. The summed E-state index contributed by atoms with van der Waals surface area (Å²) in [6.45, 7) is 3.47. The second-order valence-corrected chi connectivity index (χ2v) is 4.44. The topological polar surface area (TPSA) is 59.3 Å². The van der Waals surface area contributed by atoms with Gasteiger partial charge in [0.05, 0.1) is 11.1 Å². The van der Waals surface area contributed by atoms with Crippen LogP contribution in [0.5, 0.6) is 5.75 Å². The monoisotopic (exact) mass is 251 g/mol. The normalized spacial score (nSPS) is 18.6. The van der Waals surface area contributed by atoms with Gasteiger partial charge in [-0.25, -0.2) is 0 Å². The first-order chi connectivity index (χ1) is 8.22. The molecule has 0 radical (unpaired) electrons. The maximum atomic E-state index is 9.37. The number of piperazine rings is 1. The summed E-state index contributed by atoms with van der Waals surface area (Å²) in [5.41, 5.74) is 0.831. The minimum absolute atomic E-state index is 0.0485. The molecule has 1 aliphatic heterocycles. The molecule has 1 atom stereocenters. The van der Waals surface area contributed by atoms with Crippen molar-refractivity contribution in [1.82, 2.24) is 10.2 Å². The van der Waals surface area contributed by atoms with Gasteiger partial charge < -0.3 is 10.4 Å². The molecule has 1 heterocycles. The van der Waals surface area contributed by atoms with Crippen LogP contribution in [0.25, 0.3) is 0 Å². The zero-order valence-corrected chi connectivity index (χ0v) is 10.1. The summed E-state index contributed by atoms with van der Waals surface area (Å²) in [6, 6.07) is 6.94. The summed E-state index contributed by atoms with van der Waals surface area (Å²) >= 11 is 5.86. The average Bonchev–Trinajstić information content (AvgIpc) is 2.36. The molecule has 1 saturated heterocycles. The van der Waals surface area contributed by atoms with Crippen molar-refractivity contribution in [3.63, 3.8) is 0 Å². The lowest BCUT2D eigenvalue weighted by atomic mass is 10.1. The number of nitriles is 1. The molecule has 1 aromatic rings. The van der Waals surface area contributed by atoms with Gasteiger partial charge in [0.25, 0.3) is 0 Å². The number of nitrogens with zero attached hydrogens (tertiary/aromatic N) is 2. The fourth-order valence-corrected chi connectivity index (χ4v) is 2.19. The number of phenolic OH excluding ortho intramolecular Hbond substituents is 1. The van der Waals surface area contributed by atoms with E-state index in [-0.39, 0.29) is 16.8 Å². The van der Waals surface area contributed by atoms with Gasteiger partial charge in [-0.1, -0.05) is 17.7 Å². The summed E-state index contributed by atoms with van der Waals surface area (Å²) in [6.07, 6.45) is 0. The Morgan fingerprint density at radius 3 is 2.71 bits per heavy atom. The van der Waals surface area contributed by atoms with Crippen LogP contribution in [-0.4, -0.2) is 36.2 Å². The fraction of sp³-hybridized carbons (Fsp3) is 0.417. The number of aromatic hydroxyl groups is 1. The van der Waals surface area contributed by atoms with Gasteiger partial charge in [0.15, 0.2) is 0 Å². The molecule has 90 valence electrons. The van der Waals surface area contributed by atoms with Crippen LogP contribution in [0.15, 0.2) is 18.2 Å². The van der Waals surface area contributed by atoms with Gasteiger partial charge in [-0.2, -0.15) is 5.26 Å². The molecule has 0 aromatic heterocycles. The van der Waals surface area contributed by atoms with Gasteiger partial charge in [0.2, 0.25) is 0 Å². The summed E-state index contributed by atoms with van der Waals surface area (Å²) in [5.74, 6) is 0.0485. The zero-order chi connectivity index (χ0) is 12.3. The van der Waals surface area contributed by atoms with Gasteiger partial charge in [0.1, 0.15) is 11.8 Å². The molecular formula is C12H14ClN3O. The van der Waals surface area contributed by atoms with Crippen LogP contribution >= 0.6 is 11.6 Å². The lowest BCUT2D eigenvalue weighted by molar-refractivity contribution is 0.207. The van der Waals surface area contributed by atoms with Crippen molar-refractivity contribution in [1.29, 1.82) is 5.26 Å². The third-order valence-corrected chi connectivity index (χ3v) is 3.23. The molecule has 2 rings (SSSR count). The Morgan fingerprint density at radius 2 is 2.12 bits per heavy atom. The zero-order valence-electron chi connectivity index (χ0n) is 9.36. The van der Waals surface area contributed by atoms with Gasteiger partial charge >= 0.3 is 0 Å². The van der Waals surface area contributed by atoms with E-state index < -0.39 is 0 Å². The highest BCUT2D eigenvalue weighted by atomic mass is 35.5. The molecule has 1 unspecified atom stereocenters. The maximum absolute atomic E-state index is 9.37. The molecule has 1 fully saturated rings. The number of phenols is 1. The van der Waals surface area contributed by atoms with Crippen LogP contribution in [0.2, 0.25) is 5.02 Å². The third kappa shape index (κ3) is 2.70. The van der Waals surface area contributed by atoms with Crippen molar-refractivity contribution in [2.75, 3.05) is 26.2 Å². The fourth-order valence-electron chi connectivity index (χ4n) is 2.00. The molecular weight excluding hydrogens is 238 g/mol. The van der Waals surface area contributed by atoms with E-state index in [9.17, 15) is 10.4 Å². The first-order valence-corrected chi connectivity index (χ1v) is 5.93. The van der Waals surface area contributed by atoms with Crippen LogP contribution in [0, 0.1) is 11.3 Å². The number of nitrogens with one attached hydrogen (secondary N) is 1. The van der Waals surface area contributed by atoms with Crippen LogP contribution in [-0.2, 0) is 0 Å². The van der Waals surface area contributed by atoms with Crippen LogP contribution < -0.4 is 5.32 Å². The van der Waals surface area contributed by atoms with Gasteiger partial charge in [-0.3, -0.25) is 4.90 Å². The number of rotatable bonds is 2. The molecule has 0 bridgehead atoms. The van der Waals surface area contributed by atoms with Crippen molar-refractivity contribution >= 4 is 11.6 Å². The van der Waals surface area contributed by atoms with Crippen molar-refractivity contribution in [2.24, 2.45) is 0 Å². The number of benzene rings is 1. The Labute approximate surface area is 105 Å². The third-order valence-electron chi connectivity index (χ3n) is 2.93. The first-order valence-electron chi connectivity index (χ1n) is 5.55. The van der Waals surface area contributed by atoms with Gasteiger partial charge in [-0.15, -0.1) is 0 Å². The van der Waals surface area contributed by atoms with E-state index in [2.05, 4.69) is 16.3 Å². The Hall–Kier alpha value is -1.28. The van der Waals surface area contributed by atoms with Crippen LogP contribution in [0.3, 0.4) is 0 Å². The number of hydrogen-bond acceptors (Lipinski definition) is 4. The van der Waals surface area contributed by atoms with E-state index in [1.807, 2.05) is 0 Å². The van der Waals surface area contributed by atoms with E-state index in [1.54, 1.807) is 12.1 Å². The van der Waals surface area contributed by atoms with Crippen molar-refractivity contribution in [3.8, 4) is 11.8 Å². The maximum Gasteiger partial charge on any atom is 0.134 e. The molecule has 2 N–H and O–H groups in total. The van der Waals surface area contributed by atoms with Gasteiger partial charge in [-0.05, 0) is 17.7 Å². The Kier molecular flexibility index (Phi) is 3.85. The summed E-state index contributed by atoms with van der Waals surface area (Å²) in [7, 11) is 0. The van der Waals surface area contributed by atoms with E-state index in [0.29, 0.717) is 0 Å². The second kappa shape index (κ2) is 5.37. The molecule has 5 heteroatoms. The van der Waals surface area contributed by atoms with Crippen molar-refractivity contribution in [3.05, 3.63) is 28.8 Å². The average molecular weight is 252 g/mol. The minimum Gasteiger partial charge on any atom is -0.506 e. The quantitative estimate of drug-likeness (QED) is 0.837. The molecule has 1 aliphatic rings. The molecule has 0 amide bonds. The lowest BCUT2D eigenvalue weighted by Crippen LogP contribution is -2.44. The molecule has 0 spiro atoms. The van der Waals surface area contributed by atoms with E-state index in [4.69, 9.17) is 11.6 Å². The predicted octanol–water partition coefficient (Wildman–Crippen LogP) is 1.52. The highest BCUT2D eigenvalue weighted by Crippen LogP contribution is 2.28. The van der Waals surface area contributed by atoms with Crippen LogP contribution in [0.1, 0.15) is 11.6 Å². The standard InChI is InChI=1S/C12H14ClN3O/c13-10-7-9(1-2-12(10)17)11(8-14)16-5-3-15-4-6-16/h1-2,7,11,15,17H,3-6H2. The Bertz CT molecular complexity index is 438. The largest absolute Gasteiger partial charge is 0.506 e. The van der Waals surface area contributed by atoms with Crippen LogP contribution in [0.4, 0.5) is 0 Å². The van der Waals surface area contributed by atoms with Crippen molar-refractivity contribution in [2.45, 2.75) is 6.04 Å². The minimum atomic E-state index is -0.296.